The number of alkyl halides is 2. The molecule has 2 heterocycles. The van der Waals surface area contributed by atoms with Crippen LogP contribution in [0.2, 0.25) is 0 Å². The van der Waals surface area contributed by atoms with Gasteiger partial charge in [0.1, 0.15) is 11.9 Å². The van der Waals surface area contributed by atoms with Crippen molar-refractivity contribution in [3.05, 3.63) is 65.6 Å². The smallest absolute Gasteiger partial charge is 0.268 e. The summed E-state index contributed by atoms with van der Waals surface area (Å²) in [6.07, 6.45) is 0.662. The highest BCUT2D eigenvalue weighted by Crippen LogP contribution is 2.32. The minimum atomic E-state index is -3.16. The van der Waals surface area contributed by atoms with Crippen LogP contribution in [-0.4, -0.2) is 59.7 Å². The predicted molar refractivity (Wildman–Crippen MR) is 124 cm³/mol. The molecule has 0 bridgehead atoms. The van der Waals surface area contributed by atoms with Gasteiger partial charge in [0.2, 0.25) is 5.91 Å². The van der Waals surface area contributed by atoms with Crippen molar-refractivity contribution in [2.24, 2.45) is 0 Å². The summed E-state index contributed by atoms with van der Waals surface area (Å²) in [6, 6.07) is 10.9. The fourth-order valence-corrected chi connectivity index (χ4v) is 4.08. The number of fused-ring (bicyclic) bond motifs is 1. The summed E-state index contributed by atoms with van der Waals surface area (Å²) in [5.41, 5.74) is 1.54. The van der Waals surface area contributed by atoms with Crippen LogP contribution >= 0.6 is 0 Å². The first kappa shape index (κ1) is 24.7. The number of carbonyl (C=O) groups excluding carboxylic acids is 3. The van der Waals surface area contributed by atoms with E-state index in [1.807, 2.05) is 0 Å². The number of pyridine rings is 1. The summed E-state index contributed by atoms with van der Waals surface area (Å²) >= 11 is 0. The number of hydrogen-bond donors (Lipinski definition) is 2. The number of hydrogen-bond acceptors (Lipinski definition) is 5. The number of nitrogens with one attached hydrogen (secondary N) is 2. The maximum atomic E-state index is 14.5. The van der Waals surface area contributed by atoms with Crippen LogP contribution in [0.25, 0.3) is 22.0 Å². The van der Waals surface area contributed by atoms with Gasteiger partial charge in [0.05, 0.1) is 35.8 Å². The van der Waals surface area contributed by atoms with Gasteiger partial charge in [-0.15, -0.1) is 0 Å². The highest BCUT2D eigenvalue weighted by atomic mass is 19.3. The lowest BCUT2D eigenvalue weighted by atomic mass is 9.99. The van der Waals surface area contributed by atoms with Crippen molar-refractivity contribution in [3.63, 3.8) is 0 Å². The Kier molecular flexibility index (Phi) is 6.61. The highest BCUT2D eigenvalue weighted by molar-refractivity contribution is 6.07. The molecule has 1 atom stereocenters. The summed E-state index contributed by atoms with van der Waals surface area (Å²) in [4.78, 5) is 42.0. The van der Waals surface area contributed by atoms with E-state index in [9.17, 15) is 27.6 Å². The second-order valence-electron chi connectivity index (χ2n) is 8.27. The standard InChI is InChI=1S/C25H20F3N5O3/c1-30-23(35)18-4-2-15(9-20(18)26)14-3-5-21-19(8-14)17(6-7-31-21)24(36)32-12-22(34)33-13-25(27,28)10-16(33)11-29/h2-9,16H,10,12-13H2,1H3,(H,30,35)(H,32,36)/t16-/m0/s1. The number of benzene rings is 2. The normalized spacial score (nSPS) is 16.4. The summed E-state index contributed by atoms with van der Waals surface area (Å²) < 4.78 is 41.7. The Balaban J connectivity index is 1.57. The molecule has 0 aliphatic carbocycles. The summed E-state index contributed by atoms with van der Waals surface area (Å²) in [7, 11) is 1.40. The first-order valence-corrected chi connectivity index (χ1v) is 10.9. The van der Waals surface area contributed by atoms with Crippen molar-refractivity contribution in [1.29, 1.82) is 5.26 Å². The van der Waals surface area contributed by atoms with Crippen molar-refractivity contribution >= 4 is 28.6 Å². The van der Waals surface area contributed by atoms with E-state index in [0.717, 1.165) is 4.90 Å². The van der Waals surface area contributed by atoms with Gasteiger partial charge in [-0.2, -0.15) is 5.26 Å². The first-order chi connectivity index (χ1) is 17.1. The minimum absolute atomic E-state index is 0.108. The molecule has 8 nitrogen and oxygen atoms in total. The fraction of sp³-hybridized carbons (Fsp3) is 0.240. The number of halogens is 3. The van der Waals surface area contributed by atoms with Crippen molar-refractivity contribution in [3.8, 4) is 17.2 Å². The van der Waals surface area contributed by atoms with Gasteiger partial charge in [-0.3, -0.25) is 19.4 Å². The van der Waals surface area contributed by atoms with Crippen LogP contribution in [0.1, 0.15) is 27.1 Å². The van der Waals surface area contributed by atoms with Crippen LogP contribution in [0.4, 0.5) is 13.2 Å². The molecular formula is C25H20F3N5O3. The predicted octanol–water partition coefficient (Wildman–Crippen LogP) is 2.89. The molecule has 0 unspecified atom stereocenters. The zero-order valence-corrected chi connectivity index (χ0v) is 19.0. The van der Waals surface area contributed by atoms with Crippen molar-refractivity contribution in [1.82, 2.24) is 20.5 Å². The molecule has 1 aliphatic heterocycles. The quantitative estimate of drug-likeness (QED) is 0.565. The van der Waals surface area contributed by atoms with Crippen molar-refractivity contribution < 1.29 is 27.6 Å². The maximum absolute atomic E-state index is 14.5. The molecule has 184 valence electrons. The number of rotatable bonds is 5. The minimum Gasteiger partial charge on any atom is -0.355 e. The topological polar surface area (TPSA) is 115 Å². The zero-order valence-electron chi connectivity index (χ0n) is 19.0. The van der Waals surface area contributed by atoms with Crippen LogP contribution in [0.3, 0.4) is 0 Å². The summed E-state index contributed by atoms with van der Waals surface area (Å²) in [5.74, 6) is -5.87. The molecule has 3 amide bonds. The molecule has 3 aromatic rings. The first-order valence-electron chi connectivity index (χ1n) is 10.9. The lowest BCUT2D eigenvalue weighted by Gasteiger charge is -2.19. The Hall–Kier alpha value is -4.46. The average molecular weight is 495 g/mol. The van der Waals surface area contributed by atoms with E-state index < -0.39 is 55.0 Å². The SMILES string of the molecule is CNC(=O)c1ccc(-c2ccc3nccc(C(=O)NCC(=O)N4CC(F)(F)C[C@H]4C#N)c3c2)cc1F. The maximum Gasteiger partial charge on any atom is 0.268 e. The molecule has 1 aromatic heterocycles. The molecule has 2 aromatic carbocycles. The second kappa shape index (κ2) is 9.65. The van der Waals surface area contributed by atoms with Gasteiger partial charge < -0.3 is 15.5 Å². The number of carbonyl (C=O) groups is 3. The molecule has 0 saturated carbocycles. The third-order valence-corrected chi connectivity index (χ3v) is 5.90. The van der Waals surface area contributed by atoms with E-state index in [-0.39, 0.29) is 11.1 Å². The number of nitrogens with zero attached hydrogens (tertiary/aromatic N) is 3. The molecule has 1 fully saturated rings. The van der Waals surface area contributed by atoms with Crippen LogP contribution in [0.5, 0.6) is 0 Å². The number of aromatic nitrogens is 1. The van der Waals surface area contributed by atoms with Gasteiger partial charge in [-0.05, 0) is 41.5 Å². The Labute approximate surface area is 203 Å². The molecule has 11 heteroatoms. The van der Waals surface area contributed by atoms with Gasteiger partial charge in [0.15, 0.2) is 0 Å². The average Bonchev–Trinajstić information content (AvgIpc) is 3.20. The summed E-state index contributed by atoms with van der Waals surface area (Å²) in [6.45, 7) is -1.44. The van der Waals surface area contributed by atoms with Gasteiger partial charge in [0, 0.05) is 25.1 Å². The molecule has 1 saturated heterocycles. The lowest BCUT2D eigenvalue weighted by Crippen LogP contribution is -2.43. The Morgan fingerprint density at radius 1 is 1.11 bits per heavy atom. The molecule has 1 aliphatic rings. The monoisotopic (exact) mass is 495 g/mol. The number of likely N-dealkylation sites (tertiary alicyclic amines) is 1. The molecule has 36 heavy (non-hydrogen) atoms. The summed E-state index contributed by atoms with van der Waals surface area (Å²) in [5, 5.41) is 14.3. The third kappa shape index (κ3) is 4.84. The largest absolute Gasteiger partial charge is 0.355 e. The molecule has 4 rings (SSSR count). The zero-order chi connectivity index (χ0) is 26.0. The molecule has 0 radical (unpaired) electrons. The van der Waals surface area contributed by atoms with E-state index in [1.54, 1.807) is 30.3 Å². The van der Waals surface area contributed by atoms with E-state index in [2.05, 4.69) is 15.6 Å². The third-order valence-electron chi connectivity index (χ3n) is 5.90. The van der Waals surface area contributed by atoms with E-state index in [1.165, 1.54) is 31.4 Å². The Morgan fingerprint density at radius 3 is 2.53 bits per heavy atom. The van der Waals surface area contributed by atoms with Crippen LogP contribution < -0.4 is 10.6 Å². The second-order valence-corrected chi connectivity index (χ2v) is 8.27. The van der Waals surface area contributed by atoms with Crippen molar-refractivity contribution in [2.75, 3.05) is 20.1 Å². The molecular weight excluding hydrogens is 475 g/mol. The van der Waals surface area contributed by atoms with Gasteiger partial charge in [0.25, 0.3) is 17.7 Å². The number of nitriles is 1. The van der Waals surface area contributed by atoms with Crippen molar-refractivity contribution in [2.45, 2.75) is 18.4 Å². The molecule has 0 spiro atoms. The van der Waals surface area contributed by atoms with Crippen LogP contribution in [0.15, 0.2) is 48.7 Å². The van der Waals surface area contributed by atoms with E-state index in [4.69, 9.17) is 5.26 Å². The van der Waals surface area contributed by atoms with Crippen LogP contribution in [-0.2, 0) is 4.79 Å². The van der Waals surface area contributed by atoms with Crippen LogP contribution in [0, 0.1) is 17.1 Å². The highest BCUT2D eigenvalue weighted by Gasteiger charge is 2.47. The Bertz CT molecular complexity index is 1420. The van der Waals surface area contributed by atoms with Gasteiger partial charge in [-0.1, -0.05) is 12.1 Å². The Morgan fingerprint density at radius 2 is 1.83 bits per heavy atom. The van der Waals surface area contributed by atoms with E-state index in [0.29, 0.717) is 22.0 Å². The van der Waals surface area contributed by atoms with E-state index >= 15 is 0 Å². The van der Waals surface area contributed by atoms with Gasteiger partial charge >= 0.3 is 0 Å². The fourth-order valence-electron chi connectivity index (χ4n) is 4.08. The number of amides is 3. The van der Waals surface area contributed by atoms with Gasteiger partial charge in [-0.25, -0.2) is 13.2 Å². The lowest BCUT2D eigenvalue weighted by molar-refractivity contribution is -0.131. The molecule has 2 N–H and O–H groups in total.